The van der Waals surface area contributed by atoms with Crippen LogP contribution >= 0.6 is 11.3 Å². The molecule has 3 heterocycles. The predicted octanol–water partition coefficient (Wildman–Crippen LogP) is 3.74. The normalized spacial score (nSPS) is 15.5. The minimum atomic E-state index is -0.549. The van der Waals surface area contributed by atoms with Crippen LogP contribution in [0.5, 0.6) is 0 Å². The highest BCUT2D eigenvalue weighted by molar-refractivity contribution is 7.15. The van der Waals surface area contributed by atoms with E-state index in [0.29, 0.717) is 17.6 Å². The highest BCUT2D eigenvalue weighted by Crippen LogP contribution is 2.39. The van der Waals surface area contributed by atoms with E-state index in [4.69, 9.17) is 0 Å². The van der Waals surface area contributed by atoms with E-state index in [1.807, 2.05) is 18.2 Å². The van der Waals surface area contributed by atoms with Crippen molar-refractivity contribution in [1.82, 2.24) is 20.2 Å². The molecule has 0 spiro atoms. The first-order chi connectivity index (χ1) is 11.6. The van der Waals surface area contributed by atoms with Crippen molar-refractivity contribution >= 4 is 23.0 Å². The molecule has 8 heteroatoms. The largest absolute Gasteiger partial charge is 0.388 e. The fraction of sp³-hybridized carbons (Fsp3) is 0.312. The van der Waals surface area contributed by atoms with Crippen molar-refractivity contribution < 1.29 is 9.50 Å². The second-order valence-corrected chi connectivity index (χ2v) is 6.99. The number of H-pyrrole nitrogens is 1. The van der Waals surface area contributed by atoms with Gasteiger partial charge < -0.3 is 10.4 Å². The van der Waals surface area contributed by atoms with Gasteiger partial charge >= 0.3 is 0 Å². The number of nitrogens with zero attached hydrogens (tertiary/aromatic N) is 3. The average molecular weight is 345 g/mol. The van der Waals surface area contributed by atoms with Gasteiger partial charge in [0, 0.05) is 22.6 Å². The van der Waals surface area contributed by atoms with E-state index in [2.05, 4.69) is 25.5 Å². The third-order valence-corrected chi connectivity index (χ3v) is 5.12. The van der Waals surface area contributed by atoms with Gasteiger partial charge in [0.2, 0.25) is 0 Å². The number of hydrogen-bond donors (Lipinski definition) is 3. The first-order valence-corrected chi connectivity index (χ1v) is 8.55. The monoisotopic (exact) mass is 345 g/mol. The summed E-state index contributed by atoms with van der Waals surface area (Å²) in [7, 11) is 0. The molecule has 3 N–H and O–H groups in total. The Morgan fingerprint density at radius 1 is 1.42 bits per heavy atom. The molecule has 24 heavy (non-hydrogen) atoms. The molecular weight excluding hydrogens is 329 g/mol. The van der Waals surface area contributed by atoms with Gasteiger partial charge in [-0.25, -0.2) is 14.4 Å². The van der Waals surface area contributed by atoms with E-state index in [9.17, 15) is 9.50 Å². The SMILES string of the molecule is CC(O)c1ccc(-c2ncc(F)c(Nc3cc(C4CC4)[nH]n3)n2)s1. The van der Waals surface area contributed by atoms with Gasteiger partial charge in [0.15, 0.2) is 23.3 Å². The highest BCUT2D eigenvalue weighted by Gasteiger charge is 2.25. The number of aromatic nitrogens is 4. The first-order valence-electron chi connectivity index (χ1n) is 7.73. The molecule has 1 aliphatic rings. The number of hydrogen-bond acceptors (Lipinski definition) is 6. The summed E-state index contributed by atoms with van der Waals surface area (Å²) in [6.07, 6.45) is 2.92. The Morgan fingerprint density at radius 3 is 2.96 bits per heavy atom. The summed E-state index contributed by atoms with van der Waals surface area (Å²) >= 11 is 1.38. The van der Waals surface area contributed by atoms with Gasteiger partial charge in [0.1, 0.15) is 0 Å². The molecule has 3 aromatic heterocycles. The summed E-state index contributed by atoms with van der Waals surface area (Å²) < 4.78 is 14.0. The summed E-state index contributed by atoms with van der Waals surface area (Å²) in [4.78, 5) is 9.89. The summed E-state index contributed by atoms with van der Waals surface area (Å²) in [6.45, 7) is 1.70. The van der Waals surface area contributed by atoms with Crippen molar-refractivity contribution in [2.24, 2.45) is 0 Å². The van der Waals surface area contributed by atoms with Crippen LogP contribution in [-0.4, -0.2) is 25.3 Å². The zero-order valence-corrected chi connectivity index (χ0v) is 13.8. The Labute approximate surface area is 141 Å². The Balaban J connectivity index is 1.60. The number of rotatable bonds is 5. The molecule has 0 bridgehead atoms. The van der Waals surface area contributed by atoms with Crippen LogP contribution in [0.25, 0.3) is 10.7 Å². The molecule has 124 valence electrons. The molecule has 4 rings (SSSR count). The summed E-state index contributed by atoms with van der Waals surface area (Å²) in [5.74, 6) is 1.04. The van der Waals surface area contributed by atoms with Crippen molar-refractivity contribution in [1.29, 1.82) is 0 Å². The van der Waals surface area contributed by atoms with Gasteiger partial charge in [0.25, 0.3) is 0 Å². The van der Waals surface area contributed by atoms with Crippen molar-refractivity contribution in [3.05, 3.63) is 40.8 Å². The molecule has 0 amide bonds. The molecule has 0 aromatic carbocycles. The first kappa shape index (κ1) is 15.2. The Kier molecular flexibility index (Phi) is 3.78. The summed E-state index contributed by atoms with van der Waals surface area (Å²) in [5.41, 5.74) is 1.06. The van der Waals surface area contributed by atoms with E-state index >= 15 is 0 Å². The average Bonchev–Trinajstić information content (AvgIpc) is 3.10. The van der Waals surface area contributed by atoms with Crippen molar-refractivity contribution in [2.75, 3.05) is 5.32 Å². The number of halogens is 1. The topological polar surface area (TPSA) is 86.7 Å². The Bertz CT molecular complexity index is 871. The van der Waals surface area contributed by atoms with Crippen molar-refractivity contribution in [2.45, 2.75) is 31.8 Å². The Morgan fingerprint density at radius 2 is 2.25 bits per heavy atom. The minimum absolute atomic E-state index is 0.0841. The lowest BCUT2D eigenvalue weighted by Gasteiger charge is -2.05. The zero-order valence-electron chi connectivity index (χ0n) is 13.0. The molecule has 1 fully saturated rings. The fourth-order valence-electron chi connectivity index (χ4n) is 2.40. The molecule has 1 saturated carbocycles. The number of aromatic amines is 1. The summed E-state index contributed by atoms with van der Waals surface area (Å²) in [6, 6.07) is 5.53. The second-order valence-electron chi connectivity index (χ2n) is 5.88. The maximum absolute atomic E-state index is 14.0. The molecule has 6 nitrogen and oxygen atoms in total. The van der Waals surface area contributed by atoms with Crippen molar-refractivity contribution in [3.63, 3.8) is 0 Å². The van der Waals surface area contributed by atoms with E-state index in [0.717, 1.165) is 34.5 Å². The van der Waals surface area contributed by atoms with Gasteiger partial charge in [-0.05, 0) is 31.9 Å². The lowest BCUT2D eigenvalue weighted by molar-refractivity contribution is 0.203. The molecular formula is C16H16FN5OS. The van der Waals surface area contributed by atoms with Gasteiger partial charge in [-0.3, -0.25) is 5.10 Å². The third-order valence-electron chi connectivity index (χ3n) is 3.86. The van der Waals surface area contributed by atoms with E-state index in [1.165, 1.54) is 11.3 Å². The van der Waals surface area contributed by atoms with Crippen LogP contribution in [0.3, 0.4) is 0 Å². The third kappa shape index (κ3) is 3.02. The zero-order chi connectivity index (χ0) is 16.7. The smallest absolute Gasteiger partial charge is 0.184 e. The van der Waals surface area contributed by atoms with Crippen molar-refractivity contribution in [3.8, 4) is 10.7 Å². The maximum atomic E-state index is 14.0. The molecule has 1 atom stereocenters. The van der Waals surface area contributed by atoms with Gasteiger partial charge in [-0.2, -0.15) is 5.10 Å². The fourth-order valence-corrected chi connectivity index (χ4v) is 3.28. The minimum Gasteiger partial charge on any atom is -0.388 e. The molecule has 0 radical (unpaired) electrons. The van der Waals surface area contributed by atoms with Crippen LogP contribution < -0.4 is 5.32 Å². The van der Waals surface area contributed by atoms with E-state index in [1.54, 1.807) is 6.92 Å². The van der Waals surface area contributed by atoms with Crippen LogP contribution in [0.1, 0.15) is 42.4 Å². The second kappa shape index (κ2) is 5.95. The lowest BCUT2D eigenvalue weighted by atomic mass is 10.3. The van der Waals surface area contributed by atoms with E-state index in [-0.39, 0.29) is 5.82 Å². The van der Waals surface area contributed by atoms with Gasteiger partial charge in [-0.1, -0.05) is 0 Å². The van der Waals surface area contributed by atoms with Crippen LogP contribution in [0.2, 0.25) is 0 Å². The van der Waals surface area contributed by atoms with Crippen LogP contribution in [0.15, 0.2) is 24.4 Å². The quantitative estimate of drug-likeness (QED) is 0.656. The van der Waals surface area contributed by atoms with Gasteiger partial charge in [0.05, 0.1) is 17.2 Å². The molecule has 1 unspecified atom stereocenters. The van der Waals surface area contributed by atoms with Crippen LogP contribution in [-0.2, 0) is 0 Å². The number of nitrogens with one attached hydrogen (secondary N) is 2. The number of aliphatic hydroxyl groups excluding tert-OH is 1. The maximum Gasteiger partial charge on any atom is 0.184 e. The lowest BCUT2D eigenvalue weighted by Crippen LogP contribution is -2.00. The summed E-state index contributed by atoms with van der Waals surface area (Å²) in [5, 5.41) is 19.6. The number of anilines is 2. The van der Waals surface area contributed by atoms with Crippen LogP contribution in [0.4, 0.5) is 16.0 Å². The number of aliphatic hydroxyl groups is 1. The highest BCUT2D eigenvalue weighted by atomic mass is 32.1. The molecule has 0 saturated heterocycles. The Hall–Kier alpha value is -2.32. The number of thiophene rings is 1. The predicted molar refractivity (Wildman–Crippen MR) is 89.8 cm³/mol. The molecule has 1 aliphatic carbocycles. The van der Waals surface area contributed by atoms with Gasteiger partial charge in [-0.15, -0.1) is 11.3 Å². The van der Waals surface area contributed by atoms with Crippen LogP contribution in [0, 0.1) is 5.82 Å². The molecule has 3 aromatic rings. The molecule has 0 aliphatic heterocycles. The standard InChI is InChI=1S/C16H16FN5OS/c1-8(23)12-4-5-13(24-12)16-18-7-10(17)15(20-16)19-14-6-11(21-22-14)9-2-3-9/h4-9,23H,2-3H2,1H3,(H2,18,19,20,21,22). The van der Waals surface area contributed by atoms with E-state index < -0.39 is 11.9 Å².